The van der Waals surface area contributed by atoms with E-state index in [1.54, 1.807) is 0 Å². The van der Waals surface area contributed by atoms with Crippen LogP contribution in [0.2, 0.25) is 0 Å². The second kappa shape index (κ2) is 34.0. The van der Waals surface area contributed by atoms with Crippen LogP contribution < -0.4 is 0 Å². The lowest BCUT2D eigenvalue weighted by atomic mass is 10.0. The predicted octanol–water partition coefficient (Wildman–Crippen LogP) is 13.1. The van der Waals surface area contributed by atoms with Gasteiger partial charge in [-0.1, -0.05) is 200 Å². The lowest BCUT2D eigenvalue weighted by molar-refractivity contribution is 0.314. The molecule has 0 aromatic heterocycles. The summed E-state index contributed by atoms with van der Waals surface area (Å²) in [6, 6.07) is 0. The van der Waals surface area contributed by atoms with Gasteiger partial charge in [0.2, 0.25) is 0 Å². The second-order valence-corrected chi connectivity index (χ2v) is 12.6. The number of hydrogen-bond acceptors (Lipinski definition) is 1. The van der Waals surface area contributed by atoms with Gasteiger partial charge in [0.15, 0.2) is 0 Å². The molecule has 0 aromatic carbocycles. The van der Waals surface area contributed by atoms with Crippen molar-refractivity contribution >= 4 is 0 Å². The maximum atomic E-state index is 2.58. The van der Waals surface area contributed by atoms with Gasteiger partial charge in [-0.25, -0.2) is 0 Å². The minimum Gasteiger partial charge on any atom is -0.306 e. The average Bonchev–Trinajstić information content (AvgIpc) is 2.90. The largest absolute Gasteiger partial charge is 0.306 e. The molecule has 0 saturated heterocycles. The average molecular weight is 522 g/mol. The highest BCUT2D eigenvalue weighted by Crippen LogP contribution is 2.15. The van der Waals surface area contributed by atoms with Gasteiger partial charge in [-0.3, -0.25) is 0 Å². The minimum atomic E-state index is 1.32. The first kappa shape index (κ1) is 37.0. The van der Waals surface area contributed by atoms with Gasteiger partial charge in [0, 0.05) is 0 Å². The Morgan fingerprint density at radius 1 is 0.243 bits per heavy atom. The molecule has 0 aromatic rings. The van der Waals surface area contributed by atoms with Crippen molar-refractivity contribution in [2.24, 2.45) is 0 Å². The number of rotatable bonds is 33. The molecule has 0 aliphatic heterocycles. The van der Waals surface area contributed by atoms with Gasteiger partial charge >= 0.3 is 0 Å². The fraction of sp³-hybridized carbons (Fsp3) is 1.00. The van der Waals surface area contributed by atoms with Gasteiger partial charge in [-0.2, -0.15) is 0 Å². The first-order valence-electron chi connectivity index (χ1n) is 18.0. The predicted molar refractivity (Wildman–Crippen MR) is 172 cm³/mol. The van der Waals surface area contributed by atoms with Crippen molar-refractivity contribution in [3.63, 3.8) is 0 Å². The topological polar surface area (TPSA) is 3.24 Å². The Bertz CT molecular complexity index is 379. The lowest BCUT2D eigenvalue weighted by Gasteiger charge is -2.16. The standard InChI is InChI=1S/C36H75N/c1-4-6-8-10-12-14-16-17-18-19-20-21-22-23-24-25-26-28-30-32-34-36-37(3)35-33-31-29-27-15-13-11-9-7-5-2/h4-36H2,1-3H3. The summed E-state index contributed by atoms with van der Waals surface area (Å²) in [5.41, 5.74) is 0. The molecule has 0 aliphatic rings. The van der Waals surface area contributed by atoms with Crippen molar-refractivity contribution in [2.75, 3.05) is 20.1 Å². The molecule has 0 aliphatic carbocycles. The van der Waals surface area contributed by atoms with E-state index in [2.05, 4.69) is 25.8 Å². The molecule has 0 amide bonds. The fourth-order valence-electron chi connectivity index (χ4n) is 5.79. The Morgan fingerprint density at radius 2 is 0.405 bits per heavy atom. The Labute approximate surface area is 237 Å². The smallest absolute Gasteiger partial charge is 0.00218 e. The van der Waals surface area contributed by atoms with Crippen LogP contribution in [0.4, 0.5) is 0 Å². The highest BCUT2D eigenvalue weighted by Gasteiger charge is 2.00. The SMILES string of the molecule is CCCCCCCCCCCCCCCCCCCCCCCN(C)CCCCCCCCCCCC. The van der Waals surface area contributed by atoms with E-state index >= 15 is 0 Å². The second-order valence-electron chi connectivity index (χ2n) is 12.6. The number of nitrogens with zero attached hydrogens (tertiary/aromatic N) is 1. The molecule has 0 saturated carbocycles. The van der Waals surface area contributed by atoms with E-state index in [4.69, 9.17) is 0 Å². The van der Waals surface area contributed by atoms with Crippen LogP contribution >= 0.6 is 0 Å². The van der Waals surface area contributed by atoms with Crippen LogP contribution in [0.3, 0.4) is 0 Å². The van der Waals surface area contributed by atoms with Gasteiger partial charge in [0.05, 0.1) is 0 Å². The third-order valence-electron chi connectivity index (χ3n) is 8.54. The summed E-state index contributed by atoms with van der Waals surface area (Å²) in [5, 5.41) is 0. The van der Waals surface area contributed by atoms with Crippen molar-refractivity contribution in [2.45, 2.75) is 213 Å². The maximum Gasteiger partial charge on any atom is -0.00218 e. The van der Waals surface area contributed by atoms with Gasteiger partial charge in [0.1, 0.15) is 0 Å². The van der Waals surface area contributed by atoms with Gasteiger partial charge in [-0.05, 0) is 33.0 Å². The van der Waals surface area contributed by atoms with Crippen molar-refractivity contribution in [1.29, 1.82) is 0 Å². The number of hydrogen-bond donors (Lipinski definition) is 0. The van der Waals surface area contributed by atoms with Crippen LogP contribution in [0, 0.1) is 0 Å². The van der Waals surface area contributed by atoms with Gasteiger partial charge in [-0.15, -0.1) is 0 Å². The highest BCUT2D eigenvalue weighted by molar-refractivity contribution is 4.55. The summed E-state index contributed by atoms with van der Waals surface area (Å²) in [7, 11) is 2.34. The van der Waals surface area contributed by atoms with Crippen molar-refractivity contribution < 1.29 is 0 Å². The van der Waals surface area contributed by atoms with E-state index < -0.39 is 0 Å². The fourth-order valence-corrected chi connectivity index (χ4v) is 5.79. The quantitative estimate of drug-likeness (QED) is 0.0776. The molecule has 0 N–H and O–H groups in total. The first-order valence-corrected chi connectivity index (χ1v) is 18.0. The van der Waals surface area contributed by atoms with Crippen molar-refractivity contribution in [3.8, 4) is 0 Å². The monoisotopic (exact) mass is 522 g/mol. The third kappa shape index (κ3) is 33.9. The molecule has 224 valence electrons. The van der Waals surface area contributed by atoms with E-state index in [0.717, 1.165) is 0 Å². The Balaban J connectivity index is 3.11. The van der Waals surface area contributed by atoms with Crippen molar-refractivity contribution in [3.05, 3.63) is 0 Å². The molecule has 0 rings (SSSR count). The zero-order chi connectivity index (χ0) is 26.9. The molecule has 1 nitrogen and oxygen atoms in total. The molecule has 0 bridgehead atoms. The van der Waals surface area contributed by atoms with Gasteiger partial charge < -0.3 is 4.90 Å². The maximum absolute atomic E-state index is 2.58. The molecule has 0 radical (unpaired) electrons. The third-order valence-corrected chi connectivity index (χ3v) is 8.54. The summed E-state index contributed by atoms with van der Waals surface area (Å²) in [6.07, 6.45) is 45.3. The van der Waals surface area contributed by atoms with E-state index in [9.17, 15) is 0 Å². The Morgan fingerprint density at radius 3 is 0.595 bits per heavy atom. The molecule has 0 unspecified atom stereocenters. The molecule has 0 atom stereocenters. The molecule has 37 heavy (non-hydrogen) atoms. The summed E-state index contributed by atoms with van der Waals surface area (Å²) in [6.45, 7) is 7.24. The zero-order valence-corrected chi connectivity index (χ0v) is 26.8. The number of unbranched alkanes of at least 4 members (excludes halogenated alkanes) is 29. The Hall–Kier alpha value is -0.0400. The van der Waals surface area contributed by atoms with E-state index in [1.165, 1.54) is 212 Å². The van der Waals surface area contributed by atoms with Gasteiger partial charge in [0.25, 0.3) is 0 Å². The molecule has 0 fully saturated rings. The van der Waals surface area contributed by atoms with Crippen LogP contribution in [0.5, 0.6) is 0 Å². The Kier molecular flexibility index (Phi) is 34.0. The molecule has 0 spiro atoms. The van der Waals surface area contributed by atoms with E-state index in [-0.39, 0.29) is 0 Å². The van der Waals surface area contributed by atoms with Crippen molar-refractivity contribution in [1.82, 2.24) is 4.90 Å². The summed E-state index contributed by atoms with van der Waals surface area (Å²) < 4.78 is 0. The minimum absolute atomic E-state index is 1.32. The molecule has 0 heterocycles. The normalized spacial score (nSPS) is 11.7. The lowest BCUT2D eigenvalue weighted by Crippen LogP contribution is -2.20. The van der Waals surface area contributed by atoms with Crippen LogP contribution in [0.25, 0.3) is 0 Å². The van der Waals surface area contributed by atoms with Crippen LogP contribution in [0.15, 0.2) is 0 Å². The summed E-state index contributed by atoms with van der Waals surface area (Å²) in [5.74, 6) is 0. The van der Waals surface area contributed by atoms with Crippen LogP contribution in [-0.2, 0) is 0 Å². The van der Waals surface area contributed by atoms with Crippen LogP contribution in [-0.4, -0.2) is 25.0 Å². The zero-order valence-electron chi connectivity index (χ0n) is 26.8. The van der Waals surface area contributed by atoms with E-state index in [0.29, 0.717) is 0 Å². The molecular weight excluding hydrogens is 446 g/mol. The summed E-state index contributed by atoms with van der Waals surface area (Å²) in [4.78, 5) is 2.58. The summed E-state index contributed by atoms with van der Waals surface area (Å²) >= 11 is 0. The molecular formula is C36H75N. The van der Waals surface area contributed by atoms with Crippen LogP contribution in [0.1, 0.15) is 213 Å². The first-order chi connectivity index (χ1) is 18.3. The highest BCUT2D eigenvalue weighted by atomic mass is 15.1. The van der Waals surface area contributed by atoms with E-state index in [1.807, 2.05) is 0 Å². The molecule has 1 heteroatoms.